The summed E-state index contributed by atoms with van der Waals surface area (Å²) in [5.41, 5.74) is 0.911. The number of H-pyrrole nitrogens is 1. The summed E-state index contributed by atoms with van der Waals surface area (Å²) >= 11 is 0. The number of nitrogens with zero attached hydrogens (tertiary/aromatic N) is 3. The summed E-state index contributed by atoms with van der Waals surface area (Å²) in [5, 5.41) is 6.84. The molecule has 0 atom stereocenters. The minimum absolute atomic E-state index is 0.0406. The van der Waals surface area contributed by atoms with Gasteiger partial charge in [-0.15, -0.1) is 0 Å². The summed E-state index contributed by atoms with van der Waals surface area (Å²) in [5.74, 6) is -0.711. The lowest BCUT2D eigenvalue weighted by Crippen LogP contribution is -2.45. The summed E-state index contributed by atoms with van der Waals surface area (Å²) < 4.78 is 19.2. The van der Waals surface area contributed by atoms with Gasteiger partial charge in [0, 0.05) is 24.8 Å². The molecular weight excluding hydrogens is 323 g/mol. The Morgan fingerprint density at radius 3 is 3.00 bits per heavy atom. The number of hydrogen-bond acceptors (Lipinski definition) is 3. The van der Waals surface area contributed by atoms with Crippen LogP contribution in [0, 0.1) is 6.57 Å². The zero-order chi connectivity index (χ0) is 17.9. The predicted octanol–water partition coefficient (Wildman–Crippen LogP) is 3.37. The van der Waals surface area contributed by atoms with Gasteiger partial charge in [0.25, 0.3) is 12.5 Å². The molecular formula is C18H22FN4O2+. The van der Waals surface area contributed by atoms with Gasteiger partial charge in [0.1, 0.15) is 5.69 Å². The van der Waals surface area contributed by atoms with Crippen LogP contribution in [-0.4, -0.2) is 46.8 Å². The fourth-order valence-corrected chi connectivity index (χ4v) is 3.42. The van der Waals surface area contributed by atoms with Crippen LogP contribution < -0.4 is 0 Å². The Morgan fingerprint density at radius 2 is 2.32 bits per heavy atom. The van der Waals surface area contributed by atoms with Gasteiger partial charge in [-0.25, -0.2) is 0 Å². The van der Waals surface area contributed by atoms with E-state index in [0.29, 0.717) is 11.4 Å². The Balaban J connectivity index is 1.84. The molecule has 1 aliphatic heterocycles. The van der Waals surface area contributed by atoms with Gasteiger partial charge < -0.3 is 9.64 Å². The number of methoxy groups -OCH3 is 1. The summed E-state index contributed by atoms with van der Waals surface area (Å²) in [6.45, 7) is 5.99. The molecule has 1 aromatic rings. The van der Waals surface area contributed by atoms with Gasteiger partial charge in [-0.05, 0) is 49.1 Å². The van der Waals surface area contributed by atoms with Gasteiger partial charge in [-0.3, -0.25) is 9.89 Å². The molecule has 1 saturated carbocycles. The van der Waals surface area contributed by atoms with Crippen molar-refractivity contribution in [3.05, 3.63) is 40.4 Å². The molecule has 2 fully saturated rings. The van der Waals surface area contributed by atoms with Crippen molar-refractivity contribution < 1.29 is 13.9 Å². The van der Waals surface area contributed by atoms with E-state index in [1.165, 1.54) is 19.6 Å². The van der Waals surface area contributed by atoms with E-state index < -0.39 is 5.83 Å². The minimum atomic E-state index is -0.637. The molecule has 1 N–H and O–H groups in total. The zero-order valence-electron chi connectivity index (χ0n) is 14.3. The molecule has 1 amide bonds. The number of likely N-dealkylation sites (tertiary alicyclic amines) is 1. The first-order valence-electron chi connectivity index (χ1n) is 8.44. The van der Waals surface area contributed by atoms with Gasteiger partial charge in [-0.2, -0.15) is 9.49 Å². The van der Waals surface area contributed by atoms with Crippen molar-refractivity contribution >= 4 is 11.5 Å². The molecule has 1 saturated heterocycles. The maximum Gasteiger partial charge on any atom is 0.341 e. The first-order chi connectivity index (χ1) is 12.1. The van der Waals surface area contributed by atoms with Crippen LogP contribution in [0.15, 0.2) is 24.2 Å². The lowest BCUT2D eigenvalue weighted by atomic mass is 9.99. The highest BCUT2D eigenvalue weighted by atomic mass is 19.1. The molecule has 3 rings (SSSR count). The third kappa shape index (κ3) is 3.49. The number of hydrogen-bond donors (Lipinski definition) is 1. The van der Waals surface area contributed by atoms with Crippen molar-refractivity contribution in [3.8, 4) is 6.57 Å². The van der Waals surface area contributed by atoms with Crippen molar-refractivity contribution in [1.29, 1.82) is 0 Å². The first-order valence-corrected chi connectivity index (χ1v) is 8.44. The van der Waals surface area contributed by atoms with Crippen molar-refractivity contribution in [2.24, 2.45) is 0 Å². The van der Waals surface area contributed by atoms with Crippen molar-refractivity contribution in [2.45, 2.75) is 37.6 Å². The number of aromatic amines is 1. The number of halogens is 1. The number of amides is 1. The van der Waals surface area contributed by atoms with E-state index in [2.05, 4.69) is 15.0 Å². The average Bonchev–Trinajstić information content (AvgIpc) is 3.20. The summed E-state index contributed by atoms with van der Waals surface area (Å²) in [7, 11) is 1.51. The van der Waals surface area contributed by atoms with Crippen LogP contribution >= 0.6 is 0 Å². The minimum Gasteiger partial charge on any atom is -0.381 e. The number of piperidine rings is 1. The van der Waals surface area contributed by atoms with Gasteiger partial charge >= 0.3 is 6.20 Å². The second kappa shape index (κ2) is 7.19. The molecule has 1 aromatic heterocycles. The number of ether oxygens (including phenoxy) is 1. The van der Waals surface area contributed by atoms with Crippen LogP contribution in [0.25, 0.3) is 10.4 Å². The molecule has 1 aliphatic carbocycles. The Labute approximate surface area is 146 Å². The third-order valence-corrected chi connectivity index (χ3v) is 4.90. The van der Waals surface area contributed by atoms with E-state index in [1.54, 1.807) is 6.07 Å². The SMILES string of the molecule is C#[N+]/C=C(F)\C(=C/COC)c1cc(C(=O)N2CCCCC23CC3)[nH]n1. The van der Waals surface area contributed by atoms with Gasteiger partial charge in [0.2, 0.25) is 5.83 Å². The highest BCUT2D eigenvalue weighted by Gasteiger charge is 2.51. The van der Waals surface area contributed by atoms with Gasteiger partial charge in [0.15, 0.2) is 0 Å². The second-order valence-corrected chi connectivity index (χ2v) is 6.50. The van der Waals surface area contributed by atoms with Crippen molar-refractivity contribution in [2.75, 3.05) is 20.3 Å². The van der Waals surface area contributed by atoms with E-state index in [-0.39, 0.29) is 23.6 Å². The largest absolute Gasteiger partial charge is 0.381 e. The standard InChI is InChI=1S/C18H21FN4O2/c1-20-12-14(19)13(5-10-25-2)15-11-16(22-21-15)17(24)23-9-4-3-6-18(23)7-8-18/h1,5,11-12H,3-4,6-10H2,2H3/p+1/b13-5+,14-12+. The second-order valence-electron chi connectivity index (χ2n) is 6.50. The highest BCUT2D eigenvalue weighted by molar-refractivity contribution is 5.94. The molecule has 25 heavy (non-hydrogen) atoms. The fraction of sp³-hybridized carbons (Fsp3) is 0.500. The molecule has 0 bridgehead atoms. The van der Waals surface area contributed by atoms with E-state index in [1.807, 2.05) is 4.90 Å². The molecule has 0 aromatic carbocycles. The number of rotatable bonds is 5. The van der Waals surface area contributed by atoms with Crippen LogP contribution in [-0.2, 0) is 4.74 Å². The number of carbonyl (C=O) groups is 1. The Kier molecular flexibility index (Phi) is 5.00. The van der Waals surface area contributed by atoms with Crippen LogP contribution in [0.1, 0.15) is 48.3 Å². The molecule has 132 valence electrons. The van der Waals surface area contributed by atoms with Gasteiger partial charge in [-0.1, -0.05) is 0 Å². The first kappa shape index (κ1) is 17.4. The number of allylic oxidation sites excluding steroid dienone is 2. The Morgan fingerprint density at radius 1 is 1.52 bits per heavy atom. The van der Waals surface area contributed by atoms with E-state index >= 15 is 0 Å². The van der Waals surface area contributed by atoms with Crippen LogP contribution in [0.5, 0.6) is 0 Å². The Bertz CT molecular complexity index is 755. The summed E-state index contributed by atoms with van der Waals surface area (Å²) in [6.07, 6.45) is 7.81. The third-order valence-electron chi connectivity index (χ3n) is 4.90. The maximum absolute atomic E-state index is 14.2. The monoisotopic (exact) mass is 345 g/mol. The molecule has 0 unspecified atom stereocenters. The molecule has 2 aliphatic rings. The Hall–Kier alpha value is -2.46. The highest BCUT2D eigenvalue weighted by Crippen LogP contribution is 2.48. The lowest BCUT2D eigenvalue weighted by molar-refractivity contribution is 0.0567. The van der Waals surface area contributed by atoms with E-state index in [0.717, 1.165) is 38.4 Å². The lowest BCUT2D eigenvalue weighted by Gasteiger charge is -2.35. The van der Waals surface area contributed by atoms with Crippen LogP contribution in [0.4, 0.5) is 4.39 Å². The number of carbonyl (C=O) groups excluding carboxylic acids is 1. The predicted molar refractivity (Wildman–Crippen MR) is 92.8 cm³/mol. The van der Waals surface area contributed by atoms with Crippen molar-refractivity contribution in [3.63, 3.8) is 0 Å². The summed E-state index contributed by atoms with van der Waals surface area (Å²) in [4.78, 5) is 18.0. The topological polar surface area (TPSA) is 62.6 Å². The normalized spacial score (nSPS) is 19.8. The number of aromatic nitrogens is 2. The average molecular weight is 345 g/mol. The number of nitrogens with one attached hydrogen (secondary N) is 1. The van der Waals surface area contributed by atoms with Gasteiger partial charge in [0.05, 0.1) is 12.3 Å². The summed E-state index contributed by atoms with van der Waals surface area (Å²) in [6, 6.07) is 1.57. The smallest absolute Gasteiger partial charge is 0.341 e. The quantitative estimate of drug-likeness (QED) is 0.832. The van der Waals surface area contributed by atoms with E-state index in [9.17, 15) is 9.18 Å². The van der Waals surface area contributed by atoms with Crippen LogP contribution in [0.2, 0.25) is 0 Å². The zero-order valence-corrected chi connectivity index (χ0v) is 14.3. The fourth-order valence-electron chi connectivity index (χ4n) is 3.42. The molecule has 6 nitrogen and oxygen atoms in total. The molecule has 0 radical (unpaired) electrons. The molecule has 7 heteroatoms. The molecule has 2 heterocycles. The maximum atomic E-state index is 14.2. The van der Waals surface area contributed by atoms with Crippen molar-refractivity contribution in [1.82, 2.24) is 15.1 Å². The molecule has 1 spiro atoms. The van der Waals surface area contributed by atoms with Crippen LogP contribution in [0.3, 0.4) is 0 Å². The van der Waals surface area contributed by atoms with E-state index in [4.69, 9.17) is 11.3 Å².